The van der Waals surface area contributed by atoms with Gasteiger partial charge in [0, 0.05) is 99.7 Å². The lowest BCUT2D eigenvalue weighted by atomic mass is 9.33. The fraction of sp³-hybridized carbons (Fsp3) is 0.0339. The Labute approximate surface area is 723 Å². The zero-order valence-electron chi connectivity index (χ0n) is 68.4. The number of hydrogen-bond acceptors (Lipinski definition) is 2. The maximum atomic E-state index is 2.61. The third kappa shape index (κ3) is 10.4. The minimum Gasteiger partial charge on any atom is -0.311 e. The highest BCUT2D eigenvalue weighted by Gasteiger charge is 2.44. The van der Waals surface area contributed by atoms with Gasteiger partial charge >= 0.3 is 0 Å². The Hall–Kier alpha value is -16.0. The van der Waals surface area contributed by atoms with E-state index in [4.69, 9.17) is 0 Å². The number of para-hydroxylation sites is 9. The molecule has 125 heavy (non-hydrogen) atoms. The van der Waals surface area contributed by atoms with Crippen LogP contribution >= 0.6 is 0 Å². The summed E-state index contributed by atoms with van der Waals surface area (Å²) in [7, 11) is 0. The number of aryl methyl sites for hydroxylation is 4. The summed E-state index contributed by atoms with van der Waals surface area (Å²) >= 11 is 0. The normalized spacial score (nSPS) is 13.1. The van der Waals surface area contributed by atoms with E-state index in [-0.39, 0.29) is 6.71 Å². The summed E-state index contributed by atoms with van der Waals surface area (Å²) in [6, 6.07) is 158. The zero-order chi connectivity index (χ0) is 81.6. The molecule has 4 aromatic heterocycles. The summed E-state index contributed by atoms with van der Waals surface area (Å²) in [5.74, 6) is 0. The van der Waals surface area contributed by atoms with Gasteiger partial charge in [-0.2, -0.15) is 0 Å². The first-order valence-electron chi connectivity index (χ1n) is 43.9. The molecule has 27 rings (SSSR count). The summed E-state index contributed by atoms with van der Waals surface area (Å²) < 4.78 is 10.1. The number of rotatable bonds is 12. The average molecular weight is 1590 g/mol. The number of anilines is 6. The second-order valence-corrected chi connectivity index (χ2v) is 34.4. The van der Waals surface area contributed by atoms with Crippen molar-refractivity contribution in [1.82, 2.24) is 18.3 Å². The van der Waals surface area contributed by atoms with Crippen LogP contribution in [0.1, 0.15) is 22.3 Å². The topological polar surface area (TPSA) is 26.2 Å². The Morgan fingerprint density at radius 2 is 0.584 bits per heavy atom. The fourth-order valence-electron chi connectivity index (χ4n) is 22.2. The van der Waals surface area contributed by atoms with E-state index in [0.717, 1.165) is 121 Å². The van der Waals surface area contributed by atoms with Crippen LogP contribution in [0.5, 0.6) is 0 Å². The molecule has 23 aromatic rings. The first-order valence-corrected chi connectivity index (χ1v) is 43.9. The summed E-state index contributed by atoms with van der Waals surface area (Å²) in [5.41, 5.74) is 44.6. The van der Waals surface area contributed by atoms with Crippen LogP contribution in [0, 0.1) is 0 Å². The minimum absolute atomic E-state index is 0.0112. The molecule has 0 spiro atoms. The van der Waals surface area contributed by atoms with Crippen LogP contribution in [0.4, 0.5) is 34.1 Å². The van der Waals surface area contributed by atoms with E-state index in [0.29, 0.717) is 0 Å². The molecular weight excluding hydrogens is 1510 g/mol. The van der Waals surface area contributed by atoms with Gasteiger partial charge in [-0.25, -0.2) is 0 Å². The molecule has 0 N–H and O–H groups in total. The van der Waals surface area contributed by atoms with Crippen molar-refractivity contribution < 1.29 is 0 Å². The van der Waals surface area contributed by atoms with Gasteiger partial charge in [-0.15, -0.1) is 0 Å². The molecule has 2 aliphatic heterocycles. The molecule has 4 aliphatic rings. The molecule has 7 heteroatoms. The lowest BCUT2D eigenvalue weighted by Crippen LogP contribution is -2.61. The number of nitrogens with zero attached hydrogens (tertiary/aromatic N) is 6. The van der Waals surface area contributed by atoms with Crippen molar-refractivity contribution >= 4 is 144 Å². The number of fused-ring (bicyclic) bond motifs is 18. The van der Waals surface area contributed by atoms with Gasteiger partial charge in [0.05, 0.1) is 55.5 Å². The van der Waals surface area contributed by atoms with Crippen LogP contribution in [0.3, 0.4) is 0 Å². The van der Waals surface area contributed by atoms with Crippen molar-refractivity contribution in [3.63, 3.8) is 0 Å². The fourth-order valence-corrected chi connectivity index (χ4v) is 22.2. The minimum atomic E-state index is -0.0112. The Balaban J connectivity index is 0.641. The largest absolute Gasteiger partial charge is 0.311 e. The monoisotopic (exact) mass is 1590 g/mol. The predicted molar refractivity (Wildman–Crippen MR) is 525 cm³/mol. The van der Waals surface area contributed by atoms with Gasteiger partial charge < -0.3 is 28.1 Å². The van der Waals surface area contributed by atoms with E-state index in [9.17, 15) is 0 Å². The molecule has 0 saturated carbocycles. The molecule has 0 fully saturated rings. The maximum Gasteiger partial charge on any atom is 0.252 e. The molecule has 0 unspecified atom stereocenters. The van der Waals surface area contributed by atoms with E-state index >= 15 is 0 Å². The average Bonchev–Trinajstić information content (AvgIpc) is 1.70. The van der Waals surface area contributed by atoms with Crippen LogP contribution in [0.2, 0.25) is 0 Å². The summed E-state index contributed by atoms with van der Waals surface area (Å²) in [6.07, 6.45) is 4.47. The Morgan fingerprint density at radius 3 is 1.21 bits per heavy atom. The molecule has 0 atom stereocenters. The van der Waals surface area contributed by atoms with Crippen molar-refractivity contribution in [2.24, 2.45) is 0 Å². The van der Waals surface area contributed by atoms with Crippen molar-refractivity contribution in [3.05, 3.63) is 441 Å². The van der Waals surface area contributed by atoms with E-state index in [2.05, 4.69) is 447 Å². The van der Waals surface area contributed by atoms with Gasteiger partial charge in [0.2, 0.25) is 0 Å². The first kappa shape index (κ1) is 69.8. The van der Waals surface area contributed by atoms with Crippen LogP contribution in [0.15, 0.2) is 419 Å². The Kier molecular flexibility index (Phi) is 15.2. The predicted octanol–water partition coefficient (Wildman–Crippen LogP) is 28.4. The van der Waals surface area contributed by atoms with Crippen molar-refractivity contribution in [2.75, 3.05) is 9.80 Å². The maximum absolute atomic E-state index is 2.61. The van der Waals surface area contributed by atoms with E-state index in [1.54, 1.807) is 0 Å². The summed E-state index contributed by atoms with van der Waals surface area (Å²) in [4.78, 5) is 4.98. The van der Waals surface area contributed by atoms with E-state index < -0.39 is 0 Å². The molecule has 6 nitrogen and oxygen atoms in total. The van der Waals surface area contributed by atoms with E-state index in [1.165, 1.54) is 154 Å². The standard InChI is InChI=1S/C118H77BN6/c1-3-29-85(30-4-1)120-109-48-18-12-42-100(109)119-101-64-62-88(73-114(101)121(86-31-5-2-6-32-86)113-52-24-51-112(120)117(113)119)123-104-45-15-9-35-95(104)98-71-84(61-65-107(98)123)115-89(80-26-19-25-76(68-80)79-59-55-74-53-57-77(74)67-79)38-21-39-90(115)81-27-20-28-82(70-81)91-40-22-41-92(83-60-56-75-54-58-78(75)69-83)118(91)125-106-47-17-11-37-97(106)116-110(49-23-50-111(116)125)124-105-46-16-10-36-96(105)99-72-87(63-66-108(99)124)122-102-43-13-7-33-93(102)94-34-8-14-44-103(94)122/h1-52,55-56,59-73H,53-54,57-58H2. The van der Waals surface area contributed by atoms with Gasteiger partial charge in [0.25, 0.3) is 6.71 Å². The zero-order valence-corrected chi connectivity index (χ0v) is 68.4. The molecule has 0 bridgehead atoms. The highest BCUT2D eigenvalue weighted by atomic mass is 15.2. The molecule has 2 aliphatic carbocycles. The third-order valence-electron chi connectivity index (χ3n) is 27.9. The van der Waals surface area contributed by atoms with Gasteiger partial charge in [-0.05, 0) is 259 Å². The number of benzene rings is 19. The van der Waals surface area contributed by atoms with Crippen LogP contribution in [-0.2, 0) is 25.7 Å². The van der Waals surface area contributed by atoms with Crippen LogP contribution in [-0.4, -0.2) is 25.0 Å². The van der Waals surface area contributed by atoms with E-state index in [1.807, 2.05) is 0 Å². The second-order valence-electron chi connectivity index (χ2n) is 34.4. The lowest BCUT2D eigenvalue weighted by molar-refractivity contribution is 0.840. The first-order chi connectivity index (χ1) is 62.0. The van der Waals surface area contributed by atoms with Crippen LogP contribution < -0.4 is 26.2 Å². The third-order valence-corrected chi connectivity index (χ3v) is 27.9. The molecular formula is C118H77BN6. The Bertz CT molecular complexity index is 8470. The molecule has 19 aromatic carbocycles. The van der Waals surface area contributed by atoms with Crippen molar-refractivity contribution in [3.8, 4) is 89.5 Å². The highest BCUT2D eigenvalue weighted by Crippen LogP contribution is 2.51. The van der Waals surface area contributed by atoms with Crippen molar-refractivity contribution in [2.45, 2.75) is 25.7 Å². The molecule has 582 valence electrons. The Morgan fingerprint density at radius 1 is 0.192 bits per heavy atom. The van der Waals surface area contributed by atoms with Gasteiger partial charge in [-0.3, -0.25) is 0 Å². The molecule has 0 radical (unpaired) electrons. The van der Waals surface area contributed by atoms with Gasteiger partial charge in [-0.1, -0.05) is 279 Å². The lowest BCUT2D eigenvalue weighted by Gasteiger charge is -2.44. The van der Waals surface area contributed by atoms with Gasteiger partial charge in [0.1, 0.15) is 0 Å². The molecule has 6 heterocycles. The number of aromatic nitrogens is 4. The second kappa shape index (κ2) is 27.3. The summed E-state index contributed by atoms with van der Waals surface area (Å²) in [5, 5.41) is 9.70. The SMILES string of the molecule is c1ccc(N2c3ccccc3B3c4ccc(-n5c6ccccc6c6cc(-c7c(-c8cccc(-c9ccc%10c(c9)CC%10)c8)cccc7-c7cccc(-c8cccc(-c9ccc%10c(c9)CC%10)c8-n8c9ccccc9c9c(-n%10c%11ccccc%11c%11cc(-n%12c%13ccccc%13c%13ccccc%13%12)ccc%11%10)cccc98)c7)ccc65)cc4N(c4ccccc4)c4cccc2c43)cc1. The summed E-state index contributed by atoms with van der Waals surface area (Å²) in [6.45, 7) is -0.0112. The smallest absolute Gasteiger partial charge is 0.252 e. The van der Waals surface area contributed by atoms with Crippen LogP contribution in [0.25, 0.3) is 177 Å². The highest BCUT2D eigenvalue weighted by molar-refractivity contribution is 7.00. The number of hydrogen-bond donors (Lipinski definition) is 0. The molecule has 0 amide bonds. The molecule has 0 saturated heterocycles. The van der Waals surface area contributed by atoms with Crippen molar-refractivity contribution in [1.29, 1.82) is 0 Å². The van der Waals surface area contributed by atoms with Gasteiger partial charge in [0.15, 0.2) is 0 Å². The quantitative estimate of drug-likeness (QED) is 0.114.